The van der Waals surface area contributed by atoms with Gasteiger partial charge in [-0.25, -0.2) is 0 Å². The van der Waals surface area contributed by atoms with Crippen molar-refractivity contribution in [2.45, 2.75) is 39.5 Å². The zero-order valence-electron chi connectivity index (χ0n) is 9.77. The molecule has 1 atom stereocenters. The van der Waals surface area contributed by atoms with E-state index in [2.05, 4.69) is 39.4 Å². The van der Waals surface area contributed by atoms with Crippen molar-refractivity contribution in [1.82, 2.24) is 4.90 Å². The highest BCUT2D eigenvalue weighted by Gasteiger charge is 2.11. The average Bonchev–Trinajstić information content (AvgIpc) is 2.03. The van der Waals surface area contributed by atoms with Gasteiger partial charge in [0.05, 0.1) is 0 Å². The summed E-state index contributed by atoms with van der Waals surface area (Å²) in [6, 6.07) is 0. The van der Waals surface area contributed by atoms with Gasteiger partial charge in [-0.15, -0.1) is 0 Å². The predicted molar refractivity (Wildman–Crippen MR) is 61.0 cm³/mol. The molecular weight excluding hydrogens is 158 g/mol. The fourth-order valence-corrected chi connectivity index (χ4v) is 1.74. The molecule has 0 aromatic heterocycles. The van der Waals surface area contributed by atoms with Gasteiger partial charge in [-0.2, -0.15) is 0 Å². The van der Waals surface area contributed by atoms with Crippen LogP contribution in [0.25, 0.3) is 0 Å². The monoisotopic (exact) mass is 183 g/mol. The van der Waals surface area contributed by atoms with Crippen LogP contribution in [0.15, 0.2) is 12.2 Å². The van der Waals surface area contributed by atoms with E-state index in [1.807, 2.05) is 0 Å². The van der Waals surface area contributed by atoms with Gasteiger partial charge in [0.1, 0.15) is 0 Å². The molecule has 1 nitrogen and oxygen atoms in total. The van der Waals surface area contributed by atoms with Crippen LogP contribution in [0.5, 0.6) is 0 Å². The Kier molecular flexibility index (Phi) is 6.97. The first-order valence-electron chi connectivity index (χ1n) is 5.44. The van der Waals surface area contributed by atoms with Crippen LogP contribution in [0.1, 0.15) is 39.5 Å². The Morgan fingerprint density at radius 2 is 1.85 bits per heavy atom. The number of nitrogens with zero attached hydrogens (tertiary/aromatic N) is 1. The molecule has 0 aliphatic rings. The molecule has 0 bridgehead atoms. The van der Waals surface area contributed by atoms with Crippen LogP contribution in [0.2, 0.25) is 0 Å². The van der Waals surface area contributed by atoms with Crippen molar-refractivity contribution >= 4 is 0 Å². The van der Waals surface area contributed by atoms with E-state index in [0.717, 1.165) is 6.54 Å². The number of hydrogen-bond donors (Lipinski definition) is 0. The molecule has 0 amide bonds. The van der Waals surface area contributed by atoms with E-state index in [1.165, 1.54) is 31.3 Å². The van der Waals surface area contributed by atoms with E-state index in [1.54, 1.807) is 0 Å². The SMILES string of the molecule is C=C(CCC)C(CCC)CN(C)C. The molecule has 0 saturated heterocycles. The second-order valence-corrected chi connectivity index (χ2v) is 4.16. The van der Waals surface area contributed by atoms with Gasteiger partial charge in [-0.3, -0.25) is 0 Å². The van der Waals surface area contributed by atoms with E-state index in [-0.39, 0.29) is 0 Å². The maximum atomic E-state index is 4.19. The highest BCUT2D eigenvalue weighted by molar-refractivity contribution is 5.01. The molecular formula is C12H25N. The van der Waals surface area contributed by atoms with Crippen molar-refractivity contribution in [2.24, 2.45) is 5.92 Å². The Labute approximate surface area is 83.8 Å². The number of rotatable bonds is 7. The lowest BCUT2D eigenvalue weighted by Gasteiger charge is -2.22. The van der Waals surface area contributed by atoms with Crippen molar-refractivity contribution in [3.05, 3.63) is 12.2 Å². The molecule has 0 spiro atoms. The van der Waals surface area contributed by atoms with Gasteiger partial charge in [-0.1, -0.05) is 38.8 Å². The maximum absolute atomic E-state index is 4.19. The molecule has 1 unspecified atom stereocenters. The molecule has 0 N–H and O–H groups in total. The molecule has 0 aromatic carbocycles. The zero-order chi connectivity index (χ0) is 10.3. The van der Waals surface area contributed by atoms with Gasteiger partial charge in [0.25, 0.3) is 0 Å². The summed E-state index contributed by atoms with van der Waals surface area (Å²) < 4.78 is 0. The molecule has 0 aliphatic heterocycles. The maximum Gasteiger partial charge on any atom is 0.00408 e. The fraction of sp³-hybridized carbons (Fsp3) is 0.833. The summed E-state index contributed by atoms with van der Waals surface area (Å²) in [6.07, 6.45) is 4.98. The van der Waals surface area contributed by atoms with Gasteiger partial charge >= 0.3 is 0 Å². The third-order valence-corrected chi connectivity index (χ3v) is 2.37. The van der Waals surface area contributed by atoms with E-state index in [9.17, 15) is 0 Å². The minimum Gasteiger partial charge on any atom is -0.309 e. The Morgan fingerprint density at radius 3 is 2.23 bits per heavy atom. The van der Waals surface area contributed by atoms with Crippen molar-refractivity contribution in [3.63, 3.8) is 0 Å². The molecule has 0 radical (unpaired) electrons. The van der Waals surface area contributed by atoms with Crippen LogP contribution >= 0.6 is 0 Å². The molecule has 0 saturated carbocycles. The van der Waals surface area contributed by atoms with Crippen molar-refractivity contribution in [1.29, 1.82) is 0 Å². The molecule has 0 rings (SSSR count). The second-order valence-electron chi connectivity index (χ2n) is 4.16. The van der Waals surface area contributed by atoms with Gasteiger partial charge in [-0.05, 0) is 32.9 Å². The average molecular weight is 183 g/mol. The van der Waals surface area contributed by atoms with Crippen molar-refractivity contribution in [2.75, 3.05) is 20.6 Å². The summed E-state index contributed by atoms with van der Waals surface area (Å²) in [7, 11) is 4.28. The topological polar surface area (TPSA) is 3.24 Å². The third kappa shape index (κ3) is 5.87. The molecule has 0 heterocycles. The van der Waals surface area contributed by atoms with E-state index in [4.69, 9.17) is 0 Å². The Hall–Kier alpha value is -0.300. The van der Waals surface area contributed by atoms with Gasteiger partial charge in [0, 0.05) is 6.54 Å². The van der Waals surface area contributed by atoms with Crippen LogP contribution < -0.4 is 0 Å². The lowest BCUT2D eigenvalue weighted by Crippen LogP contribution is -2.22. The largest absolute Gasteiger partial charge is 0.309 e. The lowest BCUT2D eigenvalue weighted by atomic mass is 9.92. The fourth-order valence-electron chi connectivity index (χ4n) is 1.74. The molecule has 0 fully saturated rings. The summed E-state index contributed by atoms with van der Waals surface area (Å²) in [4.78, 5) is 2.27. The van der Waals surface area contributed by atoms with Crippen molar-refractivity contribution in [3.8, 4) is 0 Å². The van der Waals surface area contributed by atoms with Crippen LogP contribution in [-0.2, 0) is 0 Å². The normalized spacial score (nSPS) is 13.3. The van der Waals surface area contributed by atoms with Crippen LogP contribution in [0.4, 0.5) is 0 Å². The summed E-state index contributed by atoms with van der Waals surface area (Å²) in [5.41, 5.74) is 1.44. The quantitative estimate of drug-likeness (QED) is 0.547. The van der Waals surface area contributed by atoms with Crippen LogP contribution in [-0.4, -0.2) is 25.5 Å². The summed E-state index contributed by atoms with van der Waals surface area (Å²) in [5.74, 6) is 0.708. The number of hydrogen-bond acceptors (Lipinski definition) is 1. The van der Waals surface area contributed by atoms with Gasteiger partial charge in [0.2, 0.25) is 0 Å². The molecule has 0 aliphatic carbocycles. The van der Waals surface area contributed by atoms with E-state index < -0.39 is 0 Å². The van der Waals surface area contributed by atoms with Gasteiger partial charge < -0.3 is 4.90 Å². The third-order valence-electron chi connectivity index (χ3n) is 2.37. The molecule has 78 valence electrons. The Morgan fingerprint density at radius 1 is 1.23 bits per heavy atom. The molecule has 0 aromatic rings. The summed E-state index contributed by atoms with van der Waals surface area (Å²) in [6.45, 7) is 9.83. The first kappa shape index (κ1) is 12.7. The van der Waals surface area contributed by atoms with E-state index in [0.29, 0.717) is 5.92 Å². The molecule has 1 heteroatoms. The minimum absolute atomic E-state index is 0.708. The minimum atomic E-state index is 0.708. The zero-order valence-corrected chi connectivity index (χ0v) is 9.77. The van der Waals surface area contributed by atoms with Crippen LogP contribution in [0, 0.1) is 5.92 Å². The summed E-state index contributed by atoms with van der Waals surface area (Å²) >= 11 is 0. The molecule has 13 heavy (non-hydrogen) atoms. The Balaban J connectivity index is 3.98. The van der Waals surface area contributed by atoms with E-state index >= 15 is 0 Å². The van der Waals surface area contributed by atoms with Gasteiger partial charge in [0.15, 0.2) is 0 Å². The standard InChI is InChI=1S/C12H25N/c1-6-8-11(3)12(9-7-2)10-13(4)5/h12H,3,6-10H2,1-2,4-5H3. The lowest BCUT2D eigenvalue weighted by molar-refractivity contribution is 0.333. The Bertz CT molecular complexity index is 138. The predicted octanol–water partition coefficient (Wildman–Crippen LogP) is 3.32. The second kappa shape index (κ2) is 7.14. The highest BCUT2D eigenvalue weighted by atomic mass is 15.1. The van der Waals surface area contributed by atoms with Crippen LogP contribution in [0.3, 0.4) is 0 Å². The smallest absolute Gasteiger partial charge is 0.00408 e. The first-order valence-corrected chi connectivity index (χ1v) is 5.44. The first-order chi connectivity index (χ1) is 6.11. The van der Waals surface area contributed by atoms with Crippen molar-refractivity contribution < 1.29 is 0 Å². The summed E-state index contributed by atoms with van der Waals surface area (Å²) in [5, 5.41) is 0. The highest BCUT2D eigenvalue weighted by Crippen LogP contribution is 2.20.